The topological polar surface area (TPSA) is 107 Å². The van der Waals surface area contributed by atoms with Crippen LogP contribution < -0.4 is 11.1 Å². The fraction of sp³-hybridized carbons (Fsp3) is 0.433. The van der Waals surface area contributed by atoms with Crippen molar-refractivity contribution in [3.8, 4) is 0 Å². The molecule has 2 aliphatic rings. The number of aromatic amines is 1. The molecule has 4 N–H and O–H groups in total. The molecule has 1 fully saturated rings. The van der Waals surface area contributed by atoms with Crippen molar-refractivity contribution in [1.82, 2.24) is 20.2 Å². The first-order chi connectivity index (χ1) is 18.2. The average Bonchev–Trinajstić information content (AvgIpc) is 3.44. The van der Waals surface area contributed by atoms with E-state index in [1.807, 2.05) is 80.4 Å². The Labute approximate surface area is 224 Å². The summed E-state index contributed by atoms with van der Waals surface area (Å²) in [5.41, 5.74) is 9.07. The fourth-order valence-electron chi connectivity index (χ4n) is 5.71. The summed E-state index contributed by atoms with van der Waals surface area (Å²) >= 11 is 0. The van der Waals surface area contributed by atoms with Gasteiger partial charge in [-0.3, -0.25) is 9.59 Å². The number of nitrogens with two attached hydrogens (primary N) is 1. The van der Waals surface area contributed by atoms with Gasteiger partial charge in [0.25, 0.3) is 5.91 Å². The first-order valence-electron chi connectivity index (χ1n) is 13.5. The van der Waals surface area contributed by atoms with Gasteiger partial charge in [-0.2, -0.15) is 5.10 Å². The van der Waals surface area contributed by atoms with Crippen LogP contribution in [0.1, 0.15) is 38.3 Å². The Balaban J connectivity index is 1.44. The quantitative estimate of drug-likeness (QED) is 0.408. The number of H-pyrrole nitrogens is 1. The highest BCUT2D eigenvalue weighted by Gasteiger charge is 2.54. The molecule has 3 aromatic rings. The van der Waals surface area contributed by atoms with Gasteiger partial charge in [0, 0.05) is 55.2 Å². The Morgan fingerprint density at radius 3 is 2.66 bits per heavy atom. The first-order valence-corrected chi connectivity index (χ1v) is 13.5. The smallest absolute Gasteiger partial charge is 0.256 e. The van der Waals surface area contributed by atoms with Gasteiger partial charge < -0.3 is 20.9 Å². The lowest BCUT2D eigenvalue weighted by Crippen LogP contribution is -2.60. The molecule has 1 aromatic heterocycles. The number of hydrogen-bond acceptors (Lipinski definition) is 5. The number of carbonyl (C=O) groups is 2. The van der Waals surface area contributed by atoms with Crippen molar-refractivity contribution in [2.24, 2.45) is 16.3 Å². The number of amides is 2. The highest BCUT2D eigenvalue weighted by Crippen LogP contribution is 2.39. The number of piperidine rings is 1. The van der Waals surface area contributed by atoms with Crippen LogP contribution in [-0.2, 0) is 22.4 Å². The van der Waals surface area contributed by atoms with Crippen LogP contribution in [0.3, 0.4) is 0 Å². The Bertz CT molecular complexity index is 1340. The van der Waals surface area contributed by atoms with Gasteiger partial charge in [0.1, 0.15) is 5.41 Å². The molecule has 5 rings (SSSR count). The lowest BCUT2D eigenvalue weighted by molar-refractivity contribution is -0.141. The van der Waals surface area contributed by atoms with Crippen molar-refractivity contribution in [3.63, 3.8) is 0 Å². The number of likely N-dealkylation sites (tertiary alicyclic amines) is 1. The molecule has 0 radical (unpaired) electrons. The molecule has 0 bridgehead atoms. The first kappa shape index (κ1) is 26.1. The Morgan fingerprint density at radius 2 is 1.92 bits per heavy atom. The van der Waals surface area contributed by atoms with Crippen LogP contribution in [0.2, 0.25) is 0 Å². The number of hydrazone groups is 1. The fourth-order valence-corrected chi connectivity index (χ4v) is 5.71. The second-order valence-corrected chi connectivity index (χ2v) is 11.3. The van der Waals surface area contributed by atoms with Crippen LogP contribution in [0, 0.1) is 5.41 Å². The van der Waals surface area contributed by atoms with E-state index in [9.17, 15) is 9.59 Å². The van der Waals surface area contributed by atoms with Gasteiger partial charge in [-0.25, -0.2) is 5.01 Å². The molecular weight excluding hydrogens is 476 g/mol. The number of nitrogens with one attached hydrogen (secondary N) is 2. The van der Waals surface area contributed by atoms with E-state index >= 15 is 0 Å². The maximum atomic E-state index is 14.2. The molecule has 3 heterocycles. The molecule has 2 atom stereocenters. The minimum atomic E-state index is -0.830. The molecule has 2 aliphatic heterocycles. The van der Waals surface area contributed by atoms with Crippen LogP contribution in [0.15, 0.2) is 65.9 Å². The molecule has 1 saturated heterocycles. The summed E-state index contributed by atoms with van der Waals surface area (Å²) in [7, 11) is 0. The van der Waals surface area contributed by atoms with E-state index in [0.29, 0.717) is 45.4 Å². The van der Waals surface area contributed by atoms with Crippen LogP contribution in [0.5, 0.6) is 0 Å². The molecule has 0 spiro atoms. The van der Waals surface area contributed by atoms with Gasteiger partial charge in [-0.15, -0.1) is 0 Å². The average molecular weight is 515 g/mol. The van der Waals surface area contributed by atoms with E-state index in [1.54, 1.807) is 5.01 Å². The predicted octanol–water partition coefficient (Wildman–Crippen LogP) is 3.09. The van der Waals surface area contributed by atoms with Crippen molar-refractivity contribution in [3.05, 3.63) is 71.9 Å². The summed E-state index contributed by atoms with van der Waals surface area (Å²) in [6.07, 6.45) is 3.62. The van der Waals surface area contributed by atoms with Gasteiger partial charge in [0.05, 0.1) is 11.8 Å². The minimum absolute atomic E-state index is 0.00577. The molecule has 0 saturated carbocycles. The van der Waals surface area contributed by atoms with E-state index in [-0.39, 0.29) is 11.8 Å². The third-order valence-electron chi connectivity index (χ3n) is 7.68. The summed E-state index contributed by atoms with van der Waals surface area (Å²) in [4.78, 5) is 33.1. The Kier molecular flexibility index (Phi) is 7.11. The number of hydrogen-bond donors (Lipinski definition) is 3. The van der Waals surface area contributed by atoms with Gasteiger partial charge in [-0.05, 0) is 50.8 Å². The maximum absolute atomic E-state index is 14.2. The zero-order chi connectivity index (χ0) is 26.9. The summed E-state index contributed by atoms with van der Waals surface area (Å²) in [5, 5.41) is 10.8. The molecule has 1 unspecified atom stereocenters. The normalized spacial score (nSPS) is 20.5. The van der Waals surface area contributed by atoms with Crippen molar-refractivity contribution in [1.29, 1.82) is 0 Å². The third kappa shape index (κ3) is 5.11. The maximum Gasteiger partial charge on any atom is 0.256 e. The van der Waals surface area contributed by atoms with Gasteiger partial charge in [0.15, 0.2) is 0 Å². The molecule has 38 heavy (non-hydrogen) atoms. The predicted molar refractivity (Wildman–Crippen MR) is 151 cm³/mol. The molecule has 8 nitrogen and oxygen atoms in total. The standard InChI is InChI=1S/C30H38N6O2/c1-4-36-28(38)30(17-21-10-6-5-7-11-21)20-35(15-14-26(30)34-36)27(37)25(33-19-29(2,3)31)16-22-18-32-24-13-9-8-12-23(22)24/h5-13,18,25,32-33H,4,14-17,19-20,31H2,1-3H3/t25-,30?/m1/s1. The lowest BCUT2D eigenvalue weighted by atomic mass is 9.73. The van der Waals surface area contributed by atoms with Crippen LogP contribution in [0.4, 0.5) is 0 Å². The zero-order valence-electron chi connectivity index (χ0n) is 22.5. The summed E-state index contributed by atoms with van der Waals surface area (Å²) < 4.78 is 0. The number of rotatable bonds is 9. The molecule has 200 valence electrons. The molecular formula is C30H38N6O2. The zero-order valence-corrected chi connectivity index (χ0v) is 22.5. The highest BCUT2D eigenvalue weighted by atomic mass is 16.2. The van der Waals surface area contributed by atoms with Crippen LogP contribution in [0.25, 0.3) is 10.9 Å². The Hall–Kier alpha value is -3.49. The second-order valence-electron chi connectivity index (χ2n) is 11.3. The van der Waals surface area contributed by atoms with Gasteiger partial charge in [0.2, 0.25) is 5.91 Å². The molecule has 2 aromatic carbocycles. The van der Waals surface area contributed by atoms with Crippen molar-refractivity contribution < 1.29 is 9.59 Å². The molecule has 2 amide bonds. The summed E-state index contributed by atoms with van der Waals surface area (Å²) in [6.45, 7) is 7.70. The van der Waals surface area contributed by atoms with E-state index in [1.165, 1.54) is 0 Å². The van der Waals surface area contributed by atoms with Crippen molar-refractivity contribution in [2.75, 3.05) is 26.2 Å². The number of nitrogens with zero attached hydrogens (tertiary/aromatic N) is 3. The monoisotopic (exact) mass is 514 g/mol. The molecule has 8 heteroatoms. The van der Waals surface area contributed by atoms with Gasteiger partial charge >= 0.3 is 0 Å². The summed E-state index contributed by atoms with van der Waals surface area (Å²) in [5.74, 6) is -0.0191. The SMILES string of the molecule is CCN1N=C2CCN(C(=O)[C@@H](Cc3c[nH]c4ccccc34)NCC(C)(C)N)CC2(Cc2ccccc2)C1=O. The van der Waals surface area contributed by atoms with E-state index in [4.69, 9.17) is 10.8 Å². The van der Waals surface area contributed by atoms with Crippen molar-refractivity contribution >= 4 is 28.4 Å². The number of carbonyl (C=O) groups excluding carboxylic acids is 2. The largest absolute Gasteiger partial charge is 0.361 e. The van der Waals surface area contributed by atoms with E-state index < -0.39 is 17.0 Å². The van der Waals surface area contributed by atoms with Crippen LogP contribution in [-0.4, -0.2) is 70.2 Å². The summed E-state index contributed by atoms with van der Waals surface area (Å²) in [6, 6.07) is 17.7. The number of benzene rings is 2. The van der Waals surface area contributed by atoms with Crippen LogP contribution >= 0.6 is 0 Å². The second kappa shape index (κ2) is 10.3. The highest BCUT2D eigenvalue weighted by molar-refractivity contribution is 6.13. The Morgan fingerprint density at radius 1 is 1.18 bits per heavy atom. The van der Waals surface area contributed by atoms with Gasteiger partial charge in [-0.1, -0.05) is 48.5 Å². The minimum Gasteiger partial charge on any atom is -0.361 e. The van der Waals surface area contributed by atoms with E-state index in [0.717, 1.165) is 27.7 Å². The number of fused-ring (bicyclic) bond motifs is 2. The van der Waals surface area contributed by atoms with E-state index in [2.05, 4.69) is 16.4 Å². The lowest BCUT2D eigenvalue weighted by Gasteiger charge is -2.41. The number of para-hydroxylation sites is 1. The number of aromatic nitrogens is 1. The van der Waals surface area contributed by atoms with Crippen molar-refractivity contribution in [2.45, 2.75) is 51.6 Å². The molecule has 0 aliphatic carbocycles. The third-order valence-corrected chi connectivity index (χ3v) is 7.68.